The molecule has 0 radical (unpaired) electrons. The standard InChI is InChI=1S/C26H21F3N2O3/c27-26(28,29)34-24-15-17(12-13-23(24)30)7-5-6-14-31-25(32)33-16-22-20-10-3-1-8-18(20)19-9-2-4-11-21(19)22/h1-4,8-13,15,22H,6,14,16,30H2,(H,31,32). The van der Waals surface area contributed by atoms with Crippen LogP contribution in [-0.4, -0.2) is 25.6 Å². The zero-order valence-corrected chi connectivity index (χ0v) is 18.0. The van der Waals surface area contributed by atoms with Gasteiger partial charge < -0.3 is 20.5 Å². The third-order valence-electron chi connectivity index (χ3n) is 5.33. The minimum atomic E-state index is -4.84. The van der Waals surface area contributed by atoms with Gasteiger partial charge in [-0.05, 0) is 40.5 Å². The number of rotatable bonds is 5. The molecule has 34 heavy (non-hydrogen) atoms. The van der Waals surface area contributed by atoms with Crippen molar-refractivity contribution in [1.82, 2.24) is 5.32 Å². The van der Waals surface area contributed by atoms with E-state index < -0.39 is 18.2 Å². The highest BCUT2D eigenvalue weighted by atomic mass is 19.4. The molecule has 0 fully saturated rings. The summed E-state index contributed by atoms with van der Waals surface area (Å²) < 4.78 is 46.6. The lowest BCUT2D eigenvalue weighted by molar-refractivity contribution is -0.274. The van der Waals surface area contributed by atoms with Crippen LogP contribution >= 0.6 is 0 Å². The first-order valence-corrected chi connectivity index (χ1v) is 10.5. The Kier molecular flexibility index (Phi) is 6.64. The second kappa shape index (κ2) is 9.79. The molecule has 3 N–H and O–H groups in total. The molecule has 8 heteroatoms. The second-order valence-corrected chi connectivity index (χ2v) is 7.60. The summed E-state index contributed by atoms with van der Waals surface area (Å²) in [6, 6.07) is 20.0. The van der Waals surface area contributed by atoms with Crippen molar-refractivity contribution in [2.24, 2.45) is 0 Å². The summed E-state index contributed by atoms with van der Waals surface area (Å²) in [5.41, 5.74) is 10.2. The maximum absolute atomic E-state index is 12.4. The largest absolute Gasteiger partial charge is 0.573 e. The van der Waals surface area contributed by atoms with Crippen molar-refractivity contribution in [1.29, 1.82) is 0 Å². The maximum atomic E-state index is 12.4. The van der Waals surface area contributed by atoms with Crippen molar-refractivity contribution in [3.63, 3.8) is 0 Å². The van der Waals surface area contributed by atoms with Crippen LogP contribution in [0.4, 0.5) is 23.7 Å². The van der Waals surface area contributed by atoms with Gasteiger partial charge >= 0.3 is 12.5 Å². The van der Waals surface area contributed by atoms with Crippen LogP contribution in [0.5, 0.6) is 5.75 Å². The van der Waals surface area contributed by atoms with E-state index in [0.29, 0.717) is 5.56 Å². The Morgan fingerprint density at radius 1 is 1.00 bits per heavy atom. The van der Waals surface area contributed by atoms with Gasteiger partial charge in [-0.15, -0.1) is 13.2 Å². The SMILES string of the molecule is Nc1ccc(C#CCCNC(=O)OCC2c3ccccc3-c3ccccc32)cc1OC(F)(F)F. The number of hydrogen-bond acceptors (Lipinski definition) is 4. The maximum Gasteiger partial charge on any atom is 0.573 e. The van der Waals surface area contributed by atoms with Gasteiger partial charge in [0.25, 0.3) is 0 Å². The summed E-state index contributed by atoms with van der Waals surface area (Å²) in [7, 11) is 0. The molecule has 1 amide bonds. The highest BCUT2D eigenvalue weighted by Gasteiger charge is 2.32. The van der Waals surface area contributed by atoms with Gasteiger partial charge in [-0.1, -0.05) is 60.4 Å². The molecule has 0 aliphatic heterocycles. The summed E-state index contributed by atoms with van der Waals surface area (Å²) in [4.78, 5) is 12.2. The smallest absolute Gasteiger partial charge is 0.449 e. The lowest BCUT2D eigenvalue weighted by Crippen LogP contribution is -2.26. The molecule has 1 aliphatic rings. The highest BCUT2D eigenvalue weighted by molar-refractivity contribution is 5.79. The molecule has 0 unspecified atom stereocenters. The molecule has 0 heterocycles. The second-order valence-electron chi connectivity index (χ2n) is 7.60. The zero-order valence-electron chi connectivity index (χ0n) is 18.0. The average Bonchev–Trinajstić information content (AvgIpc) is 3.12. The Balaban J connectivity index is 1.27. The minimum Gasteiger partial charge on any atom is -0.449 e. The van der Waals surface area contributed by atoms with Crippen LogP contribution in [0.25, 0.3) is 11.1 Å². The number of hydrogen-bond donors (Lipinski definition) is 2. The first-order valence-electron chi connectivity index (χ1n) is 10.5. The number of nitrogen functional groups attached to an aromatic ring is 1. The van der Waals surface area contributed by atoms with Crippen LogP contribution in [0.3, 0.4) is 0 Å². The van der Waals surface area contributed by atoms with Crippen LogP contribution in [0.1, 0.15) is 29.0 Å². The predicted molar refractivity (Wildman–Crippen MR) is 122 cm³/mol. The summed E-state index contributed by atoms with van der Waals surface area (Å²) in [5.74, 6) is 4.98. The minimum absolute atomic E-state index is 0.0310. The third kappa shape index (κ3) is 5.44. The van der Waals surface area contributed by atoms with E-state index in [-0.39, 0.29) is 31.2 Å². The van der Waals surface area contributed by atoms with Gasteiger partial charge in [0, 0.05) is 24.4 Å². The average molecular weight is 466 g/mol. The molecular weight excluding hydrogens is 445 g/mol. The first kappa shape index (κ1) is 23.1. The number of benzene rings is 3. The van der Waals surface area contributed by atoms with Crippen LogP contribution in [0.2, 0.25) is 0 Å². The van der Waals surface area contributed by atoms with Gasteiger partial charge in [-0.2, -0.15) is 0 Å². The first-order chi connectivity index (χ1) is 16.3. The highest BCUT2D eigenvalue weighted by Crippen LogP contribution is 2.44. The van der Waals surface area contributed by atoms with Gasteiger partial charge in [0.15, 0.2) is 5.75 Å². The van der Waals surface area contributed by atoms with E-state index in [0.717, 1.165) is 28.3 Å². The van der Waals surface area contributed by atoms with Crippen LogP contribution in [0.15, 0.2) is 66.7 Å². The fourth-order valence-electron chi connectivity index (χ4n) is 3.87. The molecule has 5 nitrogen and oxygen atoms in total. The molecule has 0 aromatic heterocycles. The summed E-state index contributed by atoms with van der Waals surface area (Å²) >= 11 is 0. The summed E-state index contributed by atoms with van der Waals surface area (Å²) in [5, 5.41) is 2.64. The molecule has 1 aliphatic carbocycles. The number of anilines is 1. The Labute approximate surface area is 194 Å². The molecule has 4 rings (SSSR count). The number of alkyl halides is 3. The molecule has 174 valence electrons. The molecule has 0 bridgehead atoms. The van der Waals surface area contributed by atoms with Crippen molar-refractivity contribution in [3.8, 4) is 28.7 Å². The quantitative estimate of drug-likeness (QED) is 0.298. The van der Waals surface area contributed by atoms with Crippen LogP contribution in [-0.2, 0) is 4.74 Å². The van der Waals surface area contributed by atoms with Crippen LogP contribution < -0.4 is 15.8 Å². The number of carbonyl (C=O) groups excluding carboxylic acids is 1. The van der Waals surface area contributed by atoms with Gasteiger partial charge in [0.05, 0.1) is 5.69 Å². The Hall–Kier alpha value is -4.12. The molecule has 0 atom stereocenters. The van der Waals surface area contributed by atoms with E-state index in [1.165, 1.54) is 12.1 Å². The van der Waals surface area contributed by atoms with Crippen LogP contribution in [0, 0.1) is 11.8 Å². The van der Waals surface area contributed by atoms with E-state index in [4.69, 9.17) is 10.5 Å². The van der Waals surface area contributed by atoms with E-state index in [2.05, 4.69) is 34.0 Å². The molecule has 3 aromatic rings. The molecule has 0 saturated carbocycles. The van der Waals surface area contributed by atoms with Crippen molar-refractivity contribution >= 4 is 11.8 Å². The number of alkyl carbamates (subject to hydrolysis) is 1. The molecule has 0 spiro atoms. The molecule has 3 aromatic carbocycles. The summed E-state index contributed by atoms with van der Waals surface area (Å²) in [6.45, 7) is 0.434. The Bertz CT molecular complexity index is 1220. The zero-order chi connectivity index (χ0) is 24.1. The van der Waals surface area contributed by atoms with Crippen molar-refractivity contribution in [2.45, 2.75) is 18.7 Å². The van der Waals surface area contributed by atoms with Gasteiger partial charge in [-0.3, -0.25) is 0 Å². The van der Waals surface area contributed by atoms with Gasteiger partial charge in [0.1, 0.15) is 6.61 Å². The number of carbonyl (C=O) groups is 1. The van der Waals surface area contributed by atoms with E-state index in [1.54, 1.807) is 0 Å². The monoisotopic (exact) mass is 466 g/mol. The Morgan fingerprint density at radius 3 is 2.29 bits per heavy atom. The normalized spacial score (nSPS) is 12.2. The van der Waals surface area contributed by atoms with Gasteiger partial charge in [-0.25, -0.2) is 4.79 Å². The molecule has 0 saturated heterocycles. The Morgan fingerprint density at radius 2 is 1.65 bits per heavy atom. The van der Waals surface area contributed by atoms with Gasteiger partial charge in [0.2, 0.25) is 0 Å². The predicted octanol–water partition coefficient (Wildman–Crippen LogP) is 5.45. The van der Waals surface area contributed by atoms with E-state index >= 15 is 0 Å². The number of fused-ring (bicyclic) bond motifs is 3. The topological polar surface area (TPSA) is 73.6 Å². The summed E-state index contributed by atoms with van der Waals surface area (Å²) in [6.07, 6.45) is -5.12. The number of ether oxygens (including phenoxy) is 2. The number of nitrogens with one attached hydrogen (secondary N) is 1. The van der Waals surface area contributed by atoms with Crippen molar-refractivity contribution in [2.75, 3.05) is 18.9 Å². The number of halogens is 3. The number of amides is 1. The lowest BCUT2D eigenvalue weighted by atomic mass is 9.98. The lowest BCUT2D eigenvalue weighted by Gasteiger charge is -2.14. The fourth-order valence-corrected chi connectivity index (χ4v) is 3.87. The van der Waals surface area contributed by atoms with E-state index in [1.807, 2.05) is 36.4 Å². The van der Waals surface area contributed by atoms with E-state index in [9.17, 15) is 18.0 Å². The fraction of sp³-hybridized carbons (Fsp3) is 0.192. The van der Waals surface area contributed by atoms with Crippen molar-refractivity contribution in [3.05, 3.63) is 83.4 Å². The number of nitrogens with two attached hydrogens (primary N) is 1. The van der Waals surface area contributed by atoms with Crippen molar-refractivity contribution < 1.29 is 27.4 Å². The third-order valence-corrected chi connectivity index (χ3v) is 5.33. The molecular formula is C26H21F3N2O3.